The maximum atomic E-state index is 11.3. The minimum absolute atomic E-state index is 0.203. The second-order valence-electron chi connectivity index (χ2n) is 27.7. The average Bonchev–Trinajstić information content (AvgIpc) is 1.69. The van der Waals surface area contributed by atoms with E-state index in [1.54, 1.807) is 65.9 Å². The van der Waals surface area contributed by atoms with Gasteiger partial charge in [-0.05, 0) is 116 Å². The zero-order valence-electron chi connectivity index (χ0n) is 60.1. The lowest BCUT2D eigenvalue weighted by Crippen LogP contribution is -2.43. The number of aliphatic hydroxyl groups excluding tert-OH is 6. The fourth-order valence-electron chi connectivity index (χ4n) is 11.1. The van der Waals surface area contributed by atoms with Crippen molar-refractivity contribution >= 4 is 93.8 Å². The molecule has 29 nitrogen and oxygen atoms in total. The number of rotatable bonds is 20. The van der Waals surface area contributed by atoms with E-state index < -0.39 is 113 Å². The summed E-state index contributed by atoms with van der Waals surface area (Å²) in [6.45, 7) is 31.9. The van der Waals surface area contributed by atoms with Gasteiger partial charge in [0.25, 0.3) is 0 Å². The van der Waals surface area contributed by atoms with Gasteiger partial charge in [0.2, 0.25) is 17.7 Å². The molecular formula is C66H110N12O17P4. The molecule has 8 aliphatic rings. The summed E-state index contributed by atoms with van der Waals surface area (Å²) in [6.07, 6.45) is 21.9. The van der Waals surface area contributed by atoms with Crippen LogP contribution in [0.5, 0.6) is 0 Å². The molecule has 3 amide bonds. The van der Waals surface area contributed by atoms with Crippen molar-refractivity contribution in [2.24, 2.45) is 25.7 Å². The number of nitrogens with zero attached hydrogens (tertiary/aromatic N) is 8. The molecule has 4 saturated heterocycles. The summed E-state index contributed by atoms with van der Waals surface area (Å²) >= 11 is 0. The van der Waals surface area contributed by atoms with Gasteiger partial charge in [0.15, 0.2) is 48.1 Å². The first-order valence-corrected chi connectivity index (χ1v) is 44.3. The number of aliphatic imine (C=N–C) groups is 4. The molecule has 0 bridgehead atoms. The molecule has 8 aliphatic heterocycles. The van der Waals surface area contributed by atoms with E-state index in [-0.39, 0.29) is 47.4 Å². The number of hydrogen-bond donors (Lipinski definition) is 10. The van der Waals surface area contributed by atoms with Crippen molar-refractivity contribution in [2.45, 2.75) is 145 Å². The predicted molar refractivity (Wildman–Crippen MR) is 402 cm³/mol. The minimum atomic E-state index is -1.26. The molecule has 8 rings (SSSR count). The zero-order valence-corrected chi connectivity index (χ0v) is 63.7. The van der Waals surface area contributed by atoms with E-state index in [4.69, 9.17) is 43.6 Å². The van der Waals surface area contributed by atoms with Crippen LogP contribution < -0.4 is 21.7 Å². The van der Waals surface area contributed by atoms with Crippen LogP contribution in [0.25, 0.3) is 0 Å². The third kappa shape index (κ3) is 24.2. The first kappa shape index (κ1) is 84.0. The molecule has 0 spiro atoms. The normalized spacial score (nSPS) is 30.1. The van der Waals surface area contributed by atoms with Crippen LogP contribution in [0.4, 0.5) is 0 Å². The smallest absolute Gasteiger partial charge is 0.222 e. The van der Waals surface area contributed by atoms with E-state index in [0.29, 0.717) is 53.5 Å². The number of hydrogen-bond acceptors (Lipinski definition) is 26. The molecule has 0 aromatic carbocycles. The Hall–Kier alpha value is -5.67. The molecule has 0 aliphatic carbocycles. The lowest BCUT2D eigenvalue weighted by atomic mass is 10.1. The van der Waals surface area contributed by atoms with E-state index >= 15 is 0 Å². The first-order valence-electron chi connectivity index (χ1n) is 32.1. The summed E-state index contributed by atoms with van der Waals surface area (Å²) in [6, 6.07) is 0. The van der Waals surface area contributed by atoms with Gasteiger partial charge in [0.05, 0.1) is 51.0 Å². The Morgan fingerprint density at radius 1 is 0.465 bits per heavy atom. The molecule has 556 valence electrons. The molecule has 16 atom stereocenters. The van der Waals surface area contributed by atoms with Gasteiger partial charge in [-0.2, -0.15) is 0 Å². The molecule has 4 fully saturated rings. The van der Waals surface area contributed by atoms with Gasteiger partial charge in [-0.3, -0.25) is 14.4 Å². The van der Waals surface area contributed by atoms with E-state index in [0.717, 1.165) is 37.5 Å². The van der Waals surface area contributed by atoms with Gasteiger partial charge < -0.3 is 110 Å². The number of amidine groups is 4. The SMILES string of the molecule is C=C1N=C(N)C(OC)=CN1[C@@H]1O[C@H](CCP(=C)(C)C)[C@@H](O)[C@H]1OC.C=C1N=C(NC(C)=O)C(OC)=CN1[C@@H]1O[C@H](CCP(=C)(C)C)[C@@H](O)[C@H]1O.C=C1N=C(NC(C)=O)C=CN1[C@@H]1O[C@H](CCP(=C)(C)C)[C@@H](O)[C@H]1O.C=C1N=C(NC(C)=O)C=CN1[C@@H]1O[C@H](CCP(=C)(C)C)[C@@H](O)[C@H]1OC. The second kappa shape index (κ2) is 36.0. The van der Waals surface area contributed by atoms with E-state index in [1.165, 1.54) is 39.9 Å². The van der Waals surface area contributed by atoms with Crippen molar-refractivity contribution in [1.82, 2.24) is 35.6 Å². The zero-order chi connectivity index (χ0) is 74.6. The van der Waals surface area contributed by atoms with Crippen LogP contribution in [-0.2, 0) is 52.3 Å². The summed E-state index contributed by atoms with van der Waals surface area (Å²) < 4.78 is 45.3. The molecule has 8 heterocycles. The number of methoxy groups -OCH3 is 4. The molecule has 0 radical (unpaired) electrons. The number of nitrogens with two attached hydrogens (primary N) is 1. The van der Waals surface area contributed by atoms with Crippen molar-refractivity contribution in [3.8, 4) is 0 Å². The lowest BCUT2D eigenvalue weighted by molar-refractivity contribution is -0.118. The molecule has 99 heavy (non-hydrogen) atoms. The van der Waals surface area contributed by atoms with E-state index in [1.807, 2.05) is 0 Å². The minimum Gasteiger partial charge on any atom is -0.491 e. The number of nitrogens with one attached hydrogen (secondary N) is 3. The number of ether oxygens (including phenoxy) is 8. The average molecular weight is 1470 g/mol. The Labute approximate surface area is 584 Å². The number of carbonyl (C=O) groups excluding carboxylic acids is 3. The van der Waals surface area contributed by atoms with Crippen molar-refractivity contribution in [1.29, 1.82) is 0 Å². The van der Waals surface area contributed by atoms with Crippen LogP contribution in [0.2, 0.25) is 0 Å². The Morgan fingerprint density at radius 2 is 0.768 bits per heavy atom. The van der Waals surface area contributed by atoms with Gasteiger partial charge in [-0.25, -0.2) is 20.0 Å². The Balaban J connectivity index is 0.000000238. The summed E-state index contributed by atoms with van der Waals surface area (Å²) in [5.74, 6) is 2.68. The third-order valence-electron chi connectivity index (χ3n) is 16.3. The van der Waals surface area contributed by atoms with Gasteiger partial charge in [-0.1, -0.05) is 26.3 Å². The monoisotopic (exact) mass is 1470 g/mol. The topological polar surface area (TPSA) is 371 Å². The third-order valence-corrected chi connectivity index (χ3v) is 22.2. The van der Waals surface area contributed by atoms with Crippen LogP contribution in [0, 0.1) is 0 Å². The Kier molecular flexibility index (Phi) is 30.5. The molecule has 11 N–H and O–H groups in total. The van der Waals surface area contributed by atoms with Crippen LogP contribution in [0.15, 0.2) is 118 Å². The van der Waals surface area contributed by atoms with E-state index in [9.17, 15) is 45.0 Å². The van der Waals surface area contributed by atoms with Crippen LogP contribution in [0.3, 0.4) is 0 Å². The highest BCUT2D eigenvalue weighted by Crippen LogP contribution is 2.43. The highest BCUT2D eigenvalue weighted by molar-refractivity contribution is 7.73. The molecule has 33 heteroatoms. The summed E-state index contributed by atoms with van der Waals surface area (Å²) in [4.78, 5) is 56.8. The Bertz CT molecular complexity index is 3420. The summed E-state index contributed by atoms with van der Waals surface area (Å²) in [5.41, 5.74) is 5.80. The molecule has 0 saturated carbocycles. The number of aliphatic hydroxyl groups is 6. The number of carbonyl (C=O) groups is 3. The van der Waals surface area contributed by atoms with Gasteiger partial charge in [0.1, 0.15) is 83.8 Å². The molecule has 0 aromatic rings. The standard InChI is InChI=1S/C17H28N3O5P.C17H28N3O4P.C16H28N3O4P.C16H26N3O4P/c1-10-18-16(19-11(2)21)13(24-3)9-20(10)17-15(23)14(22)12(25-17)7-8-26(4,5)6;1-11-18-14(19-12(2)21)7-9-20(11)17-16(23-3)15(22)13(24-17)8-10-25(4,5)6;1-10-18-15(17)12(21-2)9-19(10)16-14(22-3)13(20)11(23-16)7-8-24(4,5)6;1-10-17-13(18-11(2)20)6-8-19(10)16-15(22)14(21)12(23-16)7-9-24(3,4)5/h9,12,14-15,17,22-23H,1,4,7-8H2,2-3,5-6H3,(H,18,19,21);7,9,13,15-17,22H,1,4,8,10H2,2-3,5-6H3,(H,18,19,21);9,11,13-14,16,20H,1,4,7-8H2,2-3,5-6H3,(H2,17,18);6,8,12,14-16,21-22H,1,3,7,9H2,2,4-5H3,(H,17,18,20)/t12-,14-,15-,17-;13-,15-,16-,17-;11-,13-,14-,16-;12-,14-,15-,16-/m1111/s1. The Morgan fingerprint density at radius 3 is 1.11 bits per heavy atom. The highest BCUT2D eigenvalue weighted by Gasteiger charge is 2.50. The van der Waals surface area contributed by atoms with Gasteiger partial charge in [0, 0.05) is 47.4 Å². The fraction of sp³-hybridized carbons (Fsp3) is 0.591. The van der Waals surface area contributed by atoms with Crippen molar-refractivity contribution in [3.63, 3.8) is 0 Å². The fourth-order valence-corrected chi connectivity index (χ4v) is 14.9. The van der Waals surface area contributed by atoms with Gasteiger partial charge >= 0.3 is 0 Å². The summed E-state index contributed by atoms with van der Waals surface area (Å²) in [7, 11) is 6.06. The maximum absolute atomic E-state index is 11.3. The highest BCUT2D eigenvalue weighted by atomic mass is 31.2. The van der Waals surface area contributed by atoms with Crippen LogP contribution >= 0.6 is 27.5 Å². The summed E-state index contributed by atoms with van der Waals surface area (Å²) in [5, 5.41) is 70.3. The number of amides is 3. The van der Waals surface area contributed by atoms with E-state index in [2.05, 4.69) is 141 Å². The lowest BCUT2D eigenvalue weighted by Gasteiger charge is -2.32. The largest absolute Gasteiger partial charge is 0.491 e. The van der Waals surface area contributed by atoms with Crippen molar-refractivity contribution in [2.75, 3.05) is 106 Å². The maximum Gasteiger partial charge on any atom is 0.222 e. The van der Waals surface area contributed by atoms with Crippen LogP contribution in [0.1, 0.15) is 46.5 Å². The quantitative estimate of drug-likeness (QED) is 0.0783. The van der Waals surface area contributed by atoms with Crippen LogP contribution in [-0.4, -0.2) is 321 Å². The first-order chi connectivity index (χ1) is 45.9. The predicted octanol–water partition coefficient (Wildman–Crippen LogP) is 2.55. The van der Waals surface area contributed by atoms with Crippen molar-refractivity contribution < 1.29 is 82.9 Å². The molecule has 0 unspecified atom stereocenters. The molecular weight excluding hydrogens is 1360 g/mol. The molecule has 0 aromatic heterocycles. The van der Waals surface area contributed by atoms with Crippen molar-refractivity contribution in [3.05, 3.63) is 98.1 Å². The van der Waals surface area contributed by atoms with Gasteiger partial charge in [-0.15, -0.1) is 52.7 Å². The second-order valence-corrected chi connectivity index (χ2v) is 45.0.